The second kappa shape index (κ2) is 3.01. The van der Waals surface area contributed by atoms with Crippen molar-refractivity contribution in [3.8, 4) is 0 Å². The van der Waals surface area contributed by atoms with Gasteiger partial charge in [-0.25, -0.2) is 4.39 Å². The Hall–Kier alpha value is -1.51. The molecule has 1 heterocycles. The molecule has 0 saturated carbocycles. The molecule has 1 atom stereocenters. The van der Waals surface area contributed by atoms with Gasteiger partial charge >= 0.3 is 0 Å². The largest absolute Gasteiger partial charge is 0.399 e. The number of nitrogens with zero attached hydrogens (tertiary/aromatic N) is 1. The highest BCUT2D eigenvalue weighted by Gasteiger charge is 2.11. The highest BCUT2D eigenvalue weighted by Crippen LogP contribution is 2.28. The van der Waals surface area contributed by atoms with Gasteiger partial charge < -0.3 is 10.3 Å². The van der Waals surface area contributed by atoms with Crippen LogP contribution in [-0.2, 0) is 7.05 Å². The number of rotatable bonds is 1. The maximum Gasteiger partial charge on any atom is 0.124 e. The molecule has 0 aliphatic rings. The monoisotopic (exact) mass is 192 g/mol. The van der Waals surface area contributed by atoms with Crippen LogP contribution in [-0.4, -0.2) is 4.57 Å². The molecule has 0 fully saturated rings. The number of nitrogens with two attached hydrogens (primary N) is 1. The summed E-state index contributed by atoms with van der Waals surface area (Å²) in [6, 6.07) is 5.53. The molecule has 0 saturated heterocycles. The standard InChI is InChI=1S/C11H13FN2/c1-7(12)10-6-14(2)11-5-8(13)3-4-9(10)11/h3-7H,13H2,1-2H3. The van der Waals surface area contributed by atoms with Crippen LogP contribution in [0.15, 0.2) is 24.4 Å². The first-order chi connectivity index (χ1) is 6.59. The minimum absolute atomic E-state index is 0.705. The van der Waals surface area contributed by atoms with Crippen molar-refractivity contribution in [2.24, 2.45) is 7.05 Å². The second-order valence-corrected chi connectivity index (χ2v) is 3.59. The average Bonchev–Trinajstić information content (AvgIpc) is 2.44. The van der Waals surface area contributed by atoms with Gasteiger partial charge in [-0.2, -0.15) is 0 Å². The molecule has 2 nitrogen and oxygen atoms in total. The van der Waals surface area contributed by atoms with Crippen molar-refractivity contribution in [1.29, 1.82) is 0 Å². The van der Waals surface area contributed by atoms with Crippen LogP contribution in [0.4, 0.5) is 10.1 Å². The molecule has 0 radical (unpaired) electrons. The molecule has 1 aromatic carbocycles. The zero-order valence-corrected chi connectivity index (χ0v) is 8.29. The van der Waals surface area contributed by atoms with Crippen molar-refractivity contribution in [1.82, 2.24) is 4.57 Å². The highest BCUT2D eigenvalue weighted by molar-refractivity contribution is 5.86. The summed E-state index contributed by atoms with van der Waals surface area (Å²) in [5.74, 6) is 0. The SMILES string of the molecule is CC(F)c1cn(C)c2cc(N)ccc12. The smallest absolute Gasteiger partial charge is 0.124 e. The van der Waals surface area contributed by atoms with Gasteiger partial charge in [0.2, 0.25) is 0 Å². The quantitative estimate of drug-likeness (QED) is 0.692. The summed E-state index contributed by atoms with van der Waals surface area (Å²) >= 11 is 0. The van der Waals surface area contributed by atoms with Crippen LogP contribution in [0.3, 0.4) is 0 Å². The van der Waals surface area contributed by atoms with Gasteiger partial charge in [-0.15, -0.1) is 0 Å². The van der Waals surface area contributed by atoms with Gasteiger partial charge in [-0.3, -0.25) is 0 Å². The van der Waals surface area contributed by atoms with Crippen molar-refractivity contribution in [2.45, 2.75) is 13.1 Å². The van der Waals surface area contributed by atoms with E-state index in [1.807, 2.05) is 29.9 Å². The Morgan fingerprint density at radius 3 is 2.79 bits per heavy atom. The number of anilines is 1. The second-order valence-electron chi connectivity index (χ2n) is 3.59. The number of fused-ring (bicyclic) bond motifs is 1. The molecule has 0 bridgehead atoms. The van der Waals surface area contributed by atoms with Gasteiger partial charge in [0.1, 0.15) is 6.17 Å². The summed E-state index contributed by atoms with van der Waals surface area (Å²) in [7, 11) is 1.90. The molecule has 14 heavy (non-hydrogen) atoms. The van der Waals surface area contributed by atoms with Crippen LogP contribution in [0, 0.1) is 0 Å². The molecule has 1 unspecified atom stereocenters. The predicted octanol–water partition coefficient (Wildman–Crippen LogP) is 2.79. The number of halogens is 1. The molecule has 2 N–H and O–H groups in total. The summed E-state index contributed by atoms with van der Waals surface area (Å²) in [5, 5.41) is 0.941. The zero-order valence-electron chi connectivity index (χ0n) is 8.29. The Kier molecular flexibility index (Phi) is 1.95. The van der Waals surface area contributed by atoms with Gasteiger partial charge in [-0.1, -0.05) is 6.07 Å². The van der Waals surface area contributed by atoms with Crippen molar-refractivity contribution in [3.63, 3.8) is 0 Å². The van der Waals surface area contributed by atoms with E-state index in [0.29, 0.717) is 5.69 Å². The van der Waals surface area contributed by atoms with Crippen molar-refractivity contribution in [2.75, 3.05) is 5.73 Å². The van der Waals surface area contributed by atoms with E-state index in [9.17, 15) is 4.39 Å². The number of aryl methyl sites for hydroxylation is 1. The maximum atomic E-state index is 13.2. The lowest BCUT2D eigenvalue weighted by molar-refractivity contribution is 0.376. The van der Waals surface area contributed by atoms with Gasteiger partial charge in [0.15, 0.2) is 0 Å². The third-order valence-electron chi connectivity index (χ3n) is 2.47. The maximum absolute atomic E-state index is 13.2. The highest BCUT2D eigenvalue weighted by atomic mass is 19.1. The summed E-state index contributed by atoms with van der Waals surface area (Å²) in [5.41, 5.74) is 8.08. The first kappa shape index (κ1) is 9.06. The van der Waals surface area contributed by atoms with E-state index in [1.165, 1.54) is 0 Å². The van der Waals surface area contributed by atoms with Crippen LogP contribution in [0.5, 0.6) is 0 Å². The number of hydrogen-bond acceptors (Lipinski definition) is 1. The molecule has 2 rings (SSSR count). The predicted molar refractivity (Wildman–Crippen MR) is 56.9 cm³/mol. The van der Waals surface area contributed by atoms with E-state index in [4.69, 9.17) is 5.73 Å². The van der Waals surface area contributed by atoms with Crippen LogP contribution in [0.25, 0.3) is 10.9 Å². The Labute approximate surface area is 82.1 Å². The Morgan fingerprint density at radius 1 is 1.43 bits per heavy atom. The fraction of sp³-hybridized carbons (Fsp3) is 0.273. The molecule has 2 aromatic rings. The van der Waals surface area contributed by atoms with Crippen LogP contribution in [0.2, 0.25) is 0 Å². The third kappa shape index (κ3) is 1.25. The van der Waals surface area contributed by atoms with Gasteiger partial charge in [0, 0.05) is 29.9 Å². The van der Waals surface area contributed by atoms with Crippen LogP contribution in [0.1, 0.15) is 18.7 Å². The lowest BCUT2D eigenvalue weighted by Gasteiger charge is -1.99. The number of hydrogen-bond donors (Lipinski definition) is 1. The summed E-state index contributed by atoms with van der Waals surface area (Å²) in [6.45, 7) is 1.55. The summed E-state index contributed by atoms with van der Waals surface area (Å²) in [4.78, 5) is 0. The first-order valence-corrected chi connectivity index (χ1v) is 4.58. The molecule has 3 heteroatoms. The molecule has 0 aliphatic carbocycles. The number of nitrogen functional groups attached to an aromatic ring is 1. The van der Waals surface area contributed by atoms with E-state index in [1.54, 1.807) is 13.0 Å². The fourth-order valence-corrected chi connectivity index (χ4v) is 1.75. The lowest BCUT2D eigenvalue weighted by atomic mass is 10.1. The molecule has 1 aromatic heterocycles. The number of alkyl halides is 1. The molecular formula is C11H13FN2. The van der Waals surface area contributed by atoms with Gasteiger partial charge in [-0.05, 0) is 19.1 Å². The van der Waals surface area contributed by atoms with E-state index >= 15 is 0 Å². The minimum Gasteiger partial charge on any atom is -0.399 e. The van der Waals surface area contributed by atoms with Crippen LogP contribution >= 0.6 is 0 Å². The fourth-order valence-electron chi connectivity index (χ4n) is 1.75. The Bertz CT molecular complexity index is 471. The third-order valence-corrected chi connectivity index (χ3v) is 2.47. The first-order valence-electron chi connectivity index (χ1n) is 4.58. The van der Waals surface area contributed by atoms with E-state index in [2.05, 4.69) is 0 Å². The lowest BCUT2D eigenvalue weighted by Crippen LogP contribution is -1.87. The number of aromatic nitrogens is 1. The normalized spacial score (nSPS) is 13.4. The van der Waals surface area contributed by atoms with E-state index < -0.39 is 6.17 Å². The van der Waals surface area contributed by atoms with Crippen LogP contribution < -0.4 is 5.73 Å². The average molecular weight is 192 g/mol. The summed E-state index contributed by atoms with van der Waals surface area (Å²) < 4.78 is 15.1. The summed E-state index contributed by atoms with van der Waals surface area (Å²) in [6.07, 6.45) is 0.872. The van der Waals surface area contributed by atoms with Crippen molar-refractivity contribution in [3.05, 3.63) is 30.0 Å². The Morgan fingerprint density at radius 2 is 2.14 bits per heavy atom. The van der Waals surface area contributed by atoms with E-state index in [-0.39, 0.29) is 0 Å². The van der Waals surface area contributed by atoms with Crippen molar-refractivity contribution < 1.29 is 4.39 Å². The molecule has 0 aliphatic heterocycles. The molecule has 0 spiro atoms. The molecule has 74 valence electrons. The number of benzene rings is 1. The van der Waals surface area contributed by atoms with Gasteiger partial charge in [0.05, 0.1) is 5.52 Å². The Balaban J connectivity index is 2.77. The van der Waals surface area contributed by atoms with E-state index in [0.717, 1.165) is 16.5 Å². The topological polar surface area (TPSA) is 30.9 Å². The molecular weight excluding hydrogens is 179 g/mol. The van der Waals surface area contributed by atoms with Crippen molar-refractivity contribution >= 4 is 16.6 Å². The van der Waals surface area contributed by atoms with Gasteiger partial charge in [0.25, 0.3) is 0 Å². The zero-order chi connectivity index (χ0) is 10.3. The molecule has 0 amide bonds. The minimum atomic E-state index is -0.942.